The molecule has 4 aromatic rings. The molecule has 0 bridgehead atoms. The number of methoxy groups -OCH3 is 1. The summed E-state index contributed by atoms with van der Waals surface area (Å²) >= 11 is 0. The number of ketones is 1. The third-order valence-corrected chi connectivity index (χ3v) is 7.25. The van der Waals surface area contributed by atoms with Gasteiger partial charge in [0.1, 0.15) is 5.75 Å². The third-order valence-electron chi connectivity index (χ3n) is 7.25. The maximum Gasteiger partial charge on any atom is 0.228 e. The zero-order chi connectivity index (χ0) is 26.6. The number of piperazine rings is 1. The number of nitrogens with one attached hydrogen (secondary N) is 1. The first-order valence-electron chi connectivity index (χ1n) is 13.0. The van der Waals surface area contributed by atoms with E-state index < -0.39 is 0 Å². The van der Waals surface area contributed by atoms with Gasteiger partial charge in [-0.1, -0.05) is 54.6 Å². The summed E-state index contributed by atoms with van der Waals surface area (Å²) in [5.41, 5.74) is 5.43. The Hall–Kier alpha value is -4.16. The van der Waals surface area contributed by atoms with E-state index in [-0.39, 0.29) is 18.1 Å². The van der Waals surface area contributed by atoms with Crippen LogP contribution in [0.3, 0.4) is 0 Å². The number of ether oxygens (including phenoxy) is 1. The molecular weight excluding hydrogens is 474 g/mol. The quantitative estimate of drug-likeness (QED) is 0.328. The van der Waals surface area contributed by atoms with Crippen molar-refractivity contribution < 1.29 is 14.3 Å². The number of Topliss-reactive ketones (excluding diaryl/α,β-unsaturated/α-hetero) is 1. The highest BCUT2D eigenvalue weighted by Crippen LogP contribution is 2.33. The van der Waals surface area contributed by atoms with Gasteiger partial charge in [-0.05, 0) is 65.7 Å². The number of hydrogen-bond donors (Lipinski definition) is 1. The zero-order valence-corrected chi connectivity index (χ0v) is 22.2. The monoisotopic (exact) mass is 507 g/mol. The van der Waals surface area contributed by atoms with Gasteiger partial charge in [-0.15, -0.1) is 0 Å². The van der Waals surface area contributed by atoms with Crippen molar-refractivity contribution in [1.82, 2.24) is 4.90 Å². The summed E-state index contributed by atoms with van der Waals surface area (Å²) in [5.74, 6) is 0.776. The molecule has 6 heteroatoms. The molecule has 194 valence electrons. The largest absolute Gasteiger partial charge is 0.495 e. The minimum Gasteiger partial charge on any atom is -0.495 e. The summed E-state index contributed by atoms with van der Waals surface area (Å²) in [6, 6.07) is 25.7. The molecule has 1 aliphatic rings. The van der Waals surface area contributed by atoms with Crippen LogP contribution in [0.4, 0.5) is 11.4 Å². The fourth-order valence-corrected chi connectivity index (χ4v) is 5.13. The molecule has 0 atom stereocenters. The van der Waals surface area contributed by atoms with E-state index >= 15 is 0 Å². The van der Waals surface area contributed by atoms with Crippen molar-refractivity contribution in [2.24, 2.45) is 0 Å². The number of carbonyl (C=O) groups excluding carboxylic acids is 2. The van der Waals surface area contributed by atoms with Gasteiger partial charge in [0.25, 0.3) is 0 Å². The first-order valence-corrected chi connectivity index (χ1v) is 13.0. The van der Waals surface area contributed by atoms with Crippen LogP contribution in [0, 0.1) is 0 Å². The Balaban J connectivity index is 1.39. The van der Waals surface area contributed by atoms with Gasteiger partial charge in [0.2, 0.25) is 5.91 Å². The minimum atomic E-state index is -0.0732. The number of anilines is 2. The lowest BCUT2D eigenvalue weighted by atomic mass is 9.93. The van der Waals surface area contributed by atoms with Crippen molar-refractivity contribution in [2.75, 3.05) is 50.6 Å². The lowest BCUT2D eigenvalue weighted by Crippen LogP contribution is -2.44. The van der Waals surface area contributed by atoms with Crippen LogP contribution in [0.2, 0.25) is 0 Å². The second-order valence-electron chi connectivity index (χ2n) is 9.86. The van der Waals surface area contributed by atoms with Gasteiger partial charge < -0.3 is 19.9 Å². The normalized spacial score (nSPS) is 13.9. The number of benzene rings is 4. The van der Waals surface area contributed by atoms with Crippen molar-refractivity contribution >= 4 is 33.8 Å². The fraction of sp³-hybridized carbons (Fsp3) is 0.250. The van der Waals surface area contributed by atoms with Crippen LogP contribution < -0.4 is 15.0 Å². The van der Waals surface area contributed by atoms with Gasteiger partial charge in [-0.2, -0.15) is 0 Å². The molecule has 6 nitrogen and oxygen atoms in total. The highest BCUT2D eigenvalue weighted by Gasteiger charge is 2.19. The molecule has 1 fully saturated rings. The predicted octanol–water partition coefficient (Wildman–Crippen LogP) is 5.65. The molecule has 0 aromatic heterocycles. The third kappa shape index (κ3) is 5.41. The fourth-order valence-electron chi connectivity index (χ4n) is 5.13. The topological polar surface area (TPSA) is 61.9 Å². The molecule has 1 saturated heterocycles. The maximum absolute atomic E-state index is 13.2. The summed E-state index contributed by atoms with van der Waals surface area (Å²) in [5, 5.41) is 5.18. The van der Waals surface area contributed by atoms with Gasteiger partial charge in [0.05, 0.1) is 19.2 Å². The number of carbonyl (C=O) groups is 2. The molecular formula is C32H33N3O3. The van der Waals surface area contributed by atoms with Gasteiger partial charge >= 0.3 is 0 Å². The molecule has 0 radical (unpaired) electrons. The minimum absolute atomic E-state index is 0.0405. The molecule has 4 aromatic carbocycles. The number of hydrogen-bond acceptors (Lipinski definition) is 5. The first-order chi connectivity index (χ1) is 18.4. The number of rotatable bonds is 7. The van der Waals surface area contributed by atoms with Crippen LogP contribution in [-0.2, 0) is 11.2 Å². The van der Waals surface area contributed by atoms with Gasteiger partial charge in [-0.3, -0.25) is 9.59 Å². The van der Waals surface area contributed by atoms with E-state index in [1.165, 1.54) is 0 Å². The van der Waals surface area contributed by atoms with Gasteiger partial charge in [0.15, 0.2) is 5.78 Å². The smallest absolute Gasteiger partial charge is 0.228 e. The van der Waals surface area contributed by atoms with Crippen LogP contribution in [0.15, 0.2) is 78.9 Å². The van der Waals surface area contributed by atoms with E-state index in [9.17, 15) is 9.59 Å². The predicted molar refractivity (Wildman–Crippen MR) is 154 cm³/mol. The summed E-state index contributed by atoms with van der Waals surface area (Å²) in [6.07, 6.45) is 0.254. The first kappa shape index (κ1) is 25.5. The number of amides is 1. The van der Waals surface area contributed by atoms with Gasteiger partial charge in [-0.25, -0.2) is 0 Å². The standard InChI is InChI=1S/C32H33N3O3/c1-22(36)23-7-4-8-24(19-23)27-10-6-11-28-25(9-5-12-29(27)28)20-32(37)33-26-13-14-31(38-3)30(21-26)35-17-15-34(2)16-18-35/h4-14,19,21H,15-18,20H2,1-3H3,(H,33,37). The summed E-state index contributed by atoms with van der Waals surface area (Å²) in [6.45, 7) is 5.38. The van der Waals surface area contributed by atoms with E-state index in [4.69, 9.17) is 4.74 Å². The Bertz CT molecular complexity index is 1490. The van der Waals surface area contributed by atoms with Crippen molar-refractivity contribution in [3.8, 4) is 16.9 Å². The summed E-state index contributed by atoms with van der Waals surface area (Å²) in [4.78, 5) is 29.7. The molecule has 5 rings (SSSR count). The molecule has 1 N–H and O–H groups in total. The van der Waals surface area contributed by atoms with Crippen LogP contribution in [0.5, 0.6) is 5.75 Å². The van der Waals surface area contributed by atoms with Crippen molar-refractivity contribution in [3.63, 3.8) is 0 Å². The van der Waals surface area contributed by atoms with Crippen LogP contribution in [-0.4, -0.2) is 56.9 Å². The average molecular weight is 508 g/mol. The van der Waals surface area contributed by atoms with Crippen LogP contribution in [0.25, 0.3) is 21.9 Å². The lowest BCUT2D eigenvalue weighted by molar-refractivity contribution is -0.115. The Kier molecular flexibility index (Phi) is 7.43. The number of likely N-dealkylation sites (N-methyl/N-ethyl adjacent to an activating group) is 1. The van der Waals surface area contributed by atoms with E-state index in [0.29, 0.717) is 5.56 Å². The molecule has 0 aliphatic carbocycles. The van der Waals surface area contributed by atoms with Crippen molar-refractivity contribution in [3.05, 3.63) is 90.0 Å². The highest BCUT2D eigenvalue weighted by molar-refractivity contribution is 6.02. The molecule has 0 spiro atoms. The van der Waals surface area contributed by atoms with E-state index in [1.807, 2.05) is 60.7 Å². The van der Waals surface area contributed by atoms with Crippen LogP contribution in [0.1, 0.15) is 22.8 Å². The Morgan fingerprint density at radius 1 is 0.868 bits per heavy atom. The maximum atomic E-state index is 13.2. The Morgan fingerprint density at radius 2 is 1.61 bits per heavy atom. The summed E-state index contributed by atoms with van der Waals surface area (Å²) in [7, 11) is 3.81. The highest BCUT2D eigenvalue weighted by atomic mass is 16.5. The van der Waals surface area contributed by atoms with E-state index in [2.05, 4.69) is 40.4 Å². The molecule has 1 amide bonds. The van der Waals surface area contributed by atoms with Crippen LogP contribution >= 0.6 is 0 Å². The van der Waals surface area contributed by atoms with Crippen molar-refractivity contribution in [1.29, 1.82) is 0 Å². The molecule has 38 heavy (non-hydrogen) atoms. The Labute approximate surface area is 223 Å². The molecule has 1 aliphatic heterocycles. The zero-order valence-electron chi connectivity index (χ0n) is 22.2. The molecule has 0 saturated carbocycles. The van der Waals surface area contributed by atoms with Crippen molar-refractivity contribution in [2.45, 2.75) is 13.3 Å². The Morgan fingerprint density at radius 3 is 2.37 bits per heavy atom. The van der Waals surface area contributed by atoms with E-state index in [0.717, 1.165) is 70.8 Å². The second-order valence-corrected chi connectivity index (χ2v) is 9.86. The SMILES string of the molecule is COc1ccc(NC(=O)Cc2cccc3c(-c4cccc(C(C)=O)c4)cccc23)cc1N1CCN(C)CC1. The number of nitrogens with zero attached hydrogens (tertiary/aromatic N) is 2. The number of fused-ring (bicyclic) bond motifs is 1. The molecule has 0 unspecified atom stereocenters. The summed E-state index contributed by atoms with van der Waals surface area (Å²) < 4.78 is 5.61. The molecule has 1 heterocycles. The lowest BCUT2D eigenvalue weighted by Gasteiger charge is -2.35. The second kappa shape index (κ2) is 11.1. The van der Waals surface area contributed by atoms with Gasteiger partial charge in [0, 0.05) is 37.4 Å². The van der Waals surface area contributed by atoms with E-state index in [1.54, 1.807) is 14.0 Å². The average Bonchev–Trinajstić information content (AvgIpc) is 2.93.